The Hall–Kier alpha value is -1.51. The number of aliphatic carboxylic acids is 1. The van der Waals surface area contributed by atoms with E-state index in [-0.39, 0.29) is 12.3 Å². The van der Waals surface area contributed by atoms with Crippen molar-refractivity contribution >= 4 is 5.97 Å². The van der Waals surface area contributed by atoms with Gasteiger partial charge in [-0.2, -0.15) is 0 Å². The number of fused-ring (bicyclic) bond motifs is 1. The molecule has 0 amide bonds. The second-order valence-electron chi connectivity index (χ2n) is 6.06. The molecular formula is C17H22O3. The molecule has 1 aromatic rings. The molecular weight excluding hydrogens is 252 g/mol. The first-order chi connectivity index (χ1) is 9.70. The van der Waals surface area contributed by atoms with Gasteiger partial charge in [0.2, 0.25) is 0 Å². The Kier molecular flexibility index (Phi) is 3.68. The molecule has 1 unspecified atom stereocenters. The van der Waals surface area contributed by atoms with Crippen LogP contribution >= 0.6 is 0 Å². The first-order valence-corrected chi connectivity index (χ1v) is 7.61. The highest BCUT2D eigenvalue weighted by atomic mass is 16.5. The number of carboxylic acids is 1. The highest BCUT2D eigenvalue weighted by Gasteiger charge is 2.35. The van der Waals surface area contributed by atoms with Gasteiger partial charge in [0.15, 0.2) is 0 Å². The van der Waals surface area contributed by atoms with Crippen LogP contribution in [0, 0.1) is 5.92 Å². The molecule has 1 saturated carbocycles. The van der Waals surface area contributed by atoms with E-state index in [0.717, 1.165) is 18.6 Å². The van der Waals surface area contributed by atoms with Crippen molar-refractivity contribution in [1.82, 2.24) is 0 Å². The second-order valence-corrected chi connectivity index (χ2v) is 6.06. The average molecular weight is 274 g/mol. The summed E-state index contributed by atoms with van der Waals surface area (Å²) < 4.78 is 5.49. The van der Waals surface area contributed by atoms with Crippen LogP contribution in [-0.2, 0) is 17.6 Å². The number of hydrogen-bond donors (Lipinski definition) is 1. The smallest absolute Gasteiger partial charge is 0.303 e. The van der Waals surface area contributed by atoms with Gasteiger partial charge in [0, 0.05) is 0 Å². The van der Waals surface area contributed by atoms with Gasteiger partial charge in [-0.15, -0.1) is 0 Å². The van der Waals surface area contributed by atoms with Crippen LogP contribution in [-0.4, -0.2) is 18.2 Å². The van der Waals surface area contributed by atoms with E-state index < -0.39 is 5.97 Å². The number of carbonyl (C=O) groups is 1. The van der Waals surface area contributed by atoms with Crippen LogP contribution in [0.15, 0.2) is 12.1 Å². The molecule has 0 spiro atoms. The Bertz CT molecular complexity index is 517. The molecule has 0 saturated heterocycles. The van der Waals surface area contributed by atoms with Crippen molar-refractivity contribution < 1.29 is 14.6 Å². The molecule has 1 N–H and O–H groups in total. The molecule has 0 bridgehead atoms. The van der Waals surface area contributed by atoms with Crippen molar-refractivity contribution in [2.24, 2.45) is 5.92 Å². The first kappa shape index (κ1) is 13.5. The molecule has 3 rings (SSSR count). The number of methoxy groups -OCH3 is 1. The zero-order valence-electron chi connectivity index (χ0n) is 12.0. The maximum atomic E-state index is 11.2. The van der Waals surface area contributed by atoms with E-state index in [1.807, 2.05) is 6.07 Å². The molecule has 0 aliphatic heterocycles. The standard InChI is InChI=1S/C17H22O3/c1-20-16-9-8-13(12-4-2-3-5-14(12)16)15(10-17(18)19)11-6-7-11/h8-9,11,15H,2-7,10H2,1H3,(H,18,19). The first-order valence-electron chi connectivity index (χ1n) is 7.61. The number of benzene rings is 1. The van der Waals surface area contributed by atoms with Crippen LogP contribution < -0.4 is 4.74 Å². The predicted molar refractivity (Wildman–Crippen MR) is 77.4 cm³/mol. The lowest BCUT2D eigenvalue weighted by Gasteiger charge is -2.26. The van der Waals surface area contributed by atoms with Crippen molar-refractivity contribution in [3.05, 3.63) is 28.8 Å². The minimum absolute atomic E-state index is 0.199. The van der Waals surface area contributed by atoms with E-state index in [4.69, 9.17) is 4.74 Å². The van der Waals surface area contributed by atoms with Gasteiger partial charge in [-0.25, -0.2) is 0 Å². The van der Waals surface area contributed by atoms with Crippen LogP contribution in [0.25, 0.3) is 0 Å². The van der Waals surface area contributed by atoms with Gasteiger partial charge in [0.1, 0.15) is 5.75 Å². The molecule has 3 heteroatoms. The minimum atomic E-state index is -0.678. The Balaban J connectivity index is 2.01. The lowest BCUT2D eigenvalue weighted by Crippen LogP contribution is -2.15. The Morgan fingerprint density at radius 2 is 2.00 bits per heavy atom. The fourth-order valence-corrected chi connectivity index (χ4v) is 3.62. The summed E-state index contributed by atoms with van der Waals surface area (Å²) in [4.78, 5) is 11.2. The van der Waals surface area contributed by atoms with Gasteiger partial charge in [-0.05, 0) is 73.1 Å². The minimum Gasteiger partial charge on any atom is -0.496 e. The van der Waals surface area contributed by atoms with Gasteiger partial charge in [-0.1, -0.05) is 6.07 Å². The van der Waals surface area contributed by atoms with Crippen LogP contribution in [0.2, 0.25) is 0 Å². The van der Waals surface area contributed by atoms with E-state index in [0.29, 0.717) is 5.92 Å². The summed E-state index contributed by atoms with van der Waals surface area (Å²) in [5.41, 5.74) is 3.99. The molecule has 108 valence electrons. The monoisotopic (exact) mass is 274 g/mol. The normalized spacial score (nSPS) is 19.2. The Morgan fingerprint density at radius 3 is 2.60 bits per heavy atom. The molecule has 2 aliphatic rings. The van der Waals surface area contributed by atoms with Crippen LogP contribution in [0.3, 0.4) is 0 Å². The largest absolute Gasteiger partial charge is 0.496 e. The highest BCUT2D eigenvalue weighted by molar-refractivity contribution is 5.68. The quantitative estimate of drug-likeness (QED) is 0.893. The third-order valence-electron chi connectivity index (χ3n) is 4.73. The summed E-state index contributed by atoms with van der Waals surface area (Å²) in [6.07, 6.45) is 7.18. The van der Waals surface area contributed by atoms with Crippen LogP contribution in [0.5, 0.6) is 5.75 Å². The van der Waals surface area contributed by atoms with Crippen molar-refractivity contribution in [3.63, 3.8) is 0 Å². The molecule has 0 radical (unpaired) electrons. The van der Waals surface area contributed by atoms with Crippen LogP contribution in [0.1, 0.15) is 54.7 Å². The van der Waals surface area contributed by atoms with Gasteiger partial charge < -0.3 is 9.84 Å². The van der Waals surface area contributed by atoms with E-state index in [2.05, 4.69) is 6.07 Å². The number of carboxylic acid groups (broad SMARTS) is 1. The van der Waals surface area contributed by atoms with Crippen LogP contribution in [0.4, 0.5) is 0 Å². The molecule has 0 heterocycles. The van der Waals surface area contributed by atoms with Gasteiger partial charge in [0.25, 0.3) is 0 Å². The Labute approximate surface area is 120 Å². The molecule has 1 aromatic carbocycles. The lowest BCUT2D eigenvalue weighted by atomic mass is 9.80. The molecule has 1 atom stereocenters. The number of rotatable bonds is 5. The zero-order valence-corrected chi connectivity index (χ0v) is 12.0. The molecule has 0 aromatic heterocycles. The SMILES string of the molecule is COc1ccc(C(CC(=O)O)C2CC2)c2c1CCCC2. The summed E-state index contributed by atoms with van der Waals surface area (Å²) in [7, 11) is 1.72. The lowest BCUT2D eigenvalue weighted by molar-refractivity contribution is -0.137. The summed E-state index contributed by atoms with van der Waals surface area (Å²) >= 11 is 0. The van der Waals surface area contributed by atoms with E-state index >= 15 is 0 Å². The summed E-state index contributed by atoms with van der Waals surface area (Å²) in [6.45, 7) is 0. The highest BCUT2D eigenvalue weighted by Crippen LogP contribution is 2.47. The average Bonchev–Trinajstić information content (AvgIpc) is 3.28. The number of hydrogen-bond acceptors (Lipinski definition) is 2. The van der Waals surface area contributed by atoms with Gasteiger partial charge in [-0.3, -0.25) is 4.79 Å². The summed E-state index contributed by atoms with van der Waals surface area (Å²) in [5, 5.41) is 9.20. The number of ether oxygens (including phenoxy) is 1. The topological polar surface area (TPSA) is 46.5 Å². The molecule has 20 heavy (non-hydrogen) atoms. The van der Waals surface area contributed by atoms with Crippen molar-refractivity contribution in [2.75, 3.05) is 7.11 Å². The fraction of sp³-hybridized carbons (Fsp3) is 0.588. The molecule has 3 nitrogen and oxygen atoms in total. The van der Waals surface area contributed by atoms with E-state index in [9.17, 15) is 9.90 Å². The van der Waals surface area contributed by atoms with E-state index in [1.165, 1.54) is 42.4 Å². The molecule has 2 aliphatic carbocycles. The van der Waals surface area contributed by atoms with Gasteiger partial charge >= 0.3 is 5.97 Å². The zero-order chi connectivity index (χ0) is 14.1. The van der Waals surface area contributed by atoms with Crippen molar-refractivity contribution in [3.8, 4) is 5.75 Å². The fourth-order valence-electron chi connectivity index (χ4n) is 3.62. The van der Waals surface area contributed by atoms with Crippen molar-refractivity contribution in [1.29, 1.82) is 0 Å². The summed E-state index contributed by atoms with van der Waals surface area (Å²) in [6, 6.07) is 4.16. The predicted octanol–water partition coefficient (Wildman–Crippen LogP) is 3.54. The third kappa shape index (κ3) is 2.54. The van der Waals surface area contributed by atoms with Crippen molar-refractivity contribution in [2.45, 2.75) is 50.9 Å². The molecule has 1 fully saturated rings. The van der Waals surface area contributed by atoms with Gasteiger partial charge in [0.05, 0.1) is 13.5 Å². The maximum absolute atomic E-state index is 11.2. The second kappa shape index (κ2) is 5.47. The maximum Gasteiger partial charge on any atom is 0.303 e. The third-order valence-corrected chi connectivity index (χ3v) is 4.73. The summed E-state index contributed by atoms with van der Waals surface area (Å²) in [5.74, 6) is 1.08. The van der Waals surface area contributed by atoms with E-state index in [1.54, 1.807) is 7.11 Å². The Morgan fingerprint density at radius 1 is 1.30 bits per heavy atom.